The highest BCUT2D eigenvalue weighted by Crippen LogP contribution is 2.18. The van der Waals surface area contributed by atoms with Gasteiger partial charge in [-0.25, -0.2) is 0 Å². The van der Waals surface area contributed by atoms with E-state index in [0.29, 0.717) is 12.8 Å². The van der Waals surface area contributed by atoms with E-state index in [0.717, 1.165) is 38.5 Å². The number of carbonyl (C=O) groups is 1. The lowest BCUT2D eigenvalue weighted by molar-refractivity contribution is -0.132. The Hall–Kier alpha value is -0.950. The second-order valence-electron chi connectivity index (χ2n) is 18.9. The molecule has 5 N–H and O–H groups in total. The molecule has 1 amide bonds. The summed E-state index contributed by atoms with van der Waals surface area (Å²) in [5.74, 6) is -0.588. The molecule has 0 saturated heterocycles. The molecule has 0 aromatic rings. The molecule has 0 aliphatic heterocycles. The maximum atomic E-state index is 12.6. The Morgan fingerprint density at radius 3 is 1.00 bits per heavy atom. The summed E-state index contributed by atoms with van der Waals surface area (Å²) < 4.78 is 0. The first-order chi connectivity index (χ1) is 29.5. The SMILES string of the molecule is CCCCCCCCCCC/C=C/CCCC(O)C(O)C(CO)NC(=O)C(O)CCCCCCCCCCCCCCCCCCCCCCCCCCCCCCCC. The van der Waals surface area contributed by atoms with Gasteiger partial charge >= 0.3 is 0 Å². The van der Waals surface area contributed by atoms with Crippen molar-refractivity contribution in [3.05, 3.63) is 12.2 Å². The lowest BCUT2D eigenvalue weighted by atomic mass is 10.00. The molecule has 0 aromatic carbocycles. The molecule has 4 atom stereocenters. The summed E-state index contributed by atoms with van der Waals surface area (Å²) in [5.41, 5.74) is 0. The zero-order valence-electron chi connectivity index (χ0n) is 40.5. The van der Waals surface area contributed by atoms with E-state index in [1.807, 2.05) is 0 Å². The number of unbranched alkanes of at least 4 members (excludes halogenated alkanes) is 39. The van der Waals surface area contributed by atoms with Crippen molar-refractivity contribution in [3.8, 4) is 0 Å². The molecule has 0 aliphatic rings. The third-order valence-corrected chi connectivity index (χ3v) is 13.0. The van der Waals surface area contributed by atoms with Gasteiger partial charge in [-0.2, -0.15) is 0 Å². The number of aliphatic hydroxyl groups is 4. The van der Waals surface area contributed by atoms with Crippen molar-refractivity contribution >= 4 is 5.91 Å². The Balaban J connectivity index is 3.56. The number of hydrogen-bond donors (Lipinski definition) is 5. The van der Waals surface area contributed by atoms with Gasteiger partial charge in [-0.05, 0) is 38.5 Å². The molecule has 0 spiro atoms. The first-order valence-corrected chi connectivity index (χ1v) is 27.1. The molecule has 60 heavy (non-hydrogen) atoms. The molecular formula is C54H107NO5. The molecule has 0 radical (unpaired) electrons. The maximum Gasteiger partial charge on any atom is 0.249 e. The standard InChI is InChI=1S/C54H107NO5/c1-3-5-7-9-11-13-15-17-19-20-21-22-23-24-25-26-27-28-29-30-31-32-33-34-36-38-40-42-44-46-48-52(58)54(60)55-50(49-56)53(59)51(57)47-45-43-41-39-37-35-18-16-14-12-10-8-6-4-2/h39,41,50-53,56-59H,3-38,40,42-49H2,1-2H3,(H,55,60)/b41-39+. The van der Waals surface area contributed by atoms with Gasteiger partial charge in [0.15, 0.2) is 0 Å². The number of rotatable bonds is 50. The zero-order chi connectivity index (χ0) is 43.8. The molecule has 0 rings (SSSR count). The van der Waals surface area contributed by atoms with Crippen LogP contribution in [0, 0.1) is 0 Å². The highest BCUT2D eigenvalue weighted by Gasteiger charge is 2.28. The molecule has 0 aromatic heterocycles. The highest BCUT2D eigenvalue weighted by molar-refractivity contribution is 5.80. The molecule has 6 heteroatoms. The van der Waals surface area contributed by atoms with Crippen molar-refractivity contribution in [2.45, 2.75) is 321 Å². The van der Waals surface area contributed by atoms with Gasteiger partial charge in [-0.15, -0.1) is 0 Å². The van der Waals surface area contributed by atoms with Crippen LogP contribution in [0.4, 0.5) is 0 Å². The Labute approximate surface area is 374 Å². The Morgan fingerprint density at radius 1 is 0.400 bits per heavy atom. The number of nitrogens with one attached hydrogen (secondary N) is 1. The van der Waals surface area contributed by atoms with Gasteiger partial charge in [0, 0.05) is 0 Å². The van der Waals surface area contributed by atoms with Crippen LogP contribution in [0.5, 0.6) is 0 Å². The van der Waals surface area contributed by atoms with Crippen molar-refractivity contribution in [1.29, 1.82) is 0 Å². The molecule has 0 heterocycles. The smallest absolute Gasteiger partial charge is 0.249 e. The van der Waals surface area contributed by atoms with Crippen molar-refractivity contribution in [2.75, 3.05) is 6.61 Å². The topological polar surface area (TPSA) is 110 Å². The third-order valence-electron chi connectivity index (χ3n) is 13.0. The van der Waals surface area contributed by atoms with Crippen molar-refractivity contribution in [2.24, 2.45) is 0 Å². The number of allylic oxidation sites excluding steroid dienone is 2. The molecule has 0 aliphatic carbocycles. The minimum atomic E-state index is -1.28. The van der Waals surface area contributed by atoms with Crippen LogP contribution in [0.25, 0.3) is 0 Å². The summed E-state index contributed by atoms with van der Waals surface area (Å²) in [4.78, 5) is 12.6. The summed E-state index contributed by atoms with van der Waals surface area (Å²) in [6.45, 7) is 4.06. The van der Waals surface area contributed by atoms with E-state index in [9.17, 15) is 25.2 Å². The van der Waals surface area contributed by atoms with Gasteiger partial charge in [-0.3, -0.25) is 4.79 Å². The van der Waals surface area contributed by atoms with Gasteiger partial charge in [0.2, 0.25) is 5.91 Å². The quantitative estimate of drug-likeness (QED) is 0.0309. The zero-order valence-corrected chi connectivity index (χ0v) is 40.5. The normalized spacial score (nSPS) is 13.9. The second kappa shape index (κ2) is 49.1. The van der Waals surface area contributed by atoms with Gasteiger partial charge in [0.1, 0.15) is 12.2 Å². The fourth-order valence-electron chi connectivity index (χ4n) is 8.70. The predicted octanol–water partition coefficient (Wildman–Crippen LogP) is 15.3. The lowest BCUT2D eigenvalue weighted by Crippen LogP contribution is -2.53. The molecule has 0 saturated carbocycles. The molecule has 0 fully saturated rings. The monoisotopic (exact) mass is 850 g/mol. The summed E-state index contributed by atoms with van der Waals surface area (Å²) >= 11 is 0. The predicted molar refractivity (Wildman–Crippen MR) is 261 cm³/mol. The van der Waals surface area contributed by atoms with Crippen LogP contribution < -0.4 is 5.32 Å². The fourth-order valence-corrected chi connectivity index (χ4v) is 8.70. The minimum Gasteiger partial charge on any atom is -0.394 e. The number of carbonyl (C=O) groups excluding carboxylic acids is 1. The molecule has 4 unspecified atom stereocenters. The van der Waals surface area contributed by atoms with E-state index in [2.05, 4.69) is 31.3 Å². The Bertz CT molecular complexity index is 867. The van der Waals surface area contributed by atoms with E-state index in [4.69, 9.17) is 0 Å². The Morgan fingerprint density at radius 2 is 0.683 bits per heavy atom. The second-order valence-corrected chi connectivity index (χ2v) is 18.9. The molecule has 358 valence electrons. The van der Waals surface area contributed by atoms with Crippen LogP contribution in [-0.2, 0) is 4.79 Å². The van der Waals surface area contributed by atoms with Crippen LogP contribution in [0.15, 0.2) is 12.2 Å². The van der Waals surface area contributed by atoms with E-state index in [1.54, 1.807) is 0 Å². The highest BCUT2D eigenvalue weighted by atomic mass is 16.3. The van der Waals surface area contributed by atoms with E-state index >= 15 is 0 Å². The van der Waals surface area contributed by atoms with E-state index < -0.39 is 36.9 Å². The van der Waals surface area contributed by atoms with Crippen LogP contribution in [0.3, 0.4) is 0 Å². The minimum absolute atomic E-state index is 0.369. The summed E-state index contributed by atoms with van der Waals surface area (Å²) in [7, 11) is 0. The van der Waals surface area contributed by atoms with Crippen molar-refractivity contribution in [1.82, 2.24) is 5.32 Å². The van der Waals surface area contributed by atoms with Gasteiger partial charge in [-0.1, -0.05) is 270 Å². The molecular weight excluding hydrogens is 743 g/mol. The lowest BCUT2D eigenvalue weighted by Gasteiger charge is -2.27. The van der Waals surface area contributed by atoms with E-state index in [-0.39, 0.29) is 0 Å². The summed E-state index contributed by atoms with van der Waals surface area (Å²) in [6.07, 6.45) is 57.2. The number of amides is 1. The van der Waals surface area contributed by atoms with Crippen LogP contribution in [0.1, 0.15) is 296 Å². The van der Waals surface area contributed by atoms with Crippen molar-refractivity contribution in [3.63, 3.8) is 0 Å². The average Bonchev–Trinajstić information content (AvgIpc) is 3.25. The number of aliphatic hydroxyl groups excluding tert-OH is 4. The fraction of sp³-hybridized carbons (Fsp3) is 0.944. The maximum absolute atomic E-state index is 12.6. The Kier molecular flexibility index (Phi) is 48.3. The summed E-state index contributed by atoms with van der Waals surface area (Å²) in [6, 6.07) is -0.997. The number of hydrogen-bond acceptors (Lipinski definition) is 5. The molecule has 0 bridgehead atoms. The summed E-state index contributed by atoms with van der Waals surface area (Å²) in [5, 5.41) is 43.8. The van der Waals surface area contributed by atoms with Gasteiger partial charge in [0.05, 0.1) is 18.8 Å². The first-order valence-electron chi connectivity index (χ1n) is 27.1. The van der Waals surface area contributed by atoms with Gasteiger partial charge < -0.3 is 25.7 Å². The average molecular weight is 850 g/mol. The molecule has 6 nitrogen and oxygen atoms in total. The van der Waals surface area contributed by atoms with Crippen LogP contribution in [-0.4, -0.2) is 57.3 Å². The van der Waals surface area contributed by atoms with Gasteiger partial charge in [0.25, 0.3) is 0 Å². The van der Waals surface area contributed by atoms with Crippen LogP contribution in [0.2, 0.25) is 0 Å². The third kappa shape index (κ3) is 42.4. The first kappa shape index (κ1) is 59.0. The van der Waals surface area contributed by atoms with Crippen LogP contribution >= 0.6 is 0 Å². The largest absolute Gasteiger partial charge is 0.394 e. The van der Waals surface area contributed by atoms with Crippen molar-refractivity contribution < 1.29 is 25.2 Å². The van der Waals surface area contributed by atoms with E-state index in [1.165, 1.54) is 231 Å².